The van der Waals surface area contributed by atoms with E-state index in [9.17, 15) is 9.18 Å². The molecule has 2 aromatic rings. The molecular formula is C16H15BrFNO2. The lowest BCUT2D eigenvalue weighted by atomic mass is 10.1. The van der Waals surface area contributed by atoms with Gasteiger partial charge in [0, 0.05) is 17.1 Å². The summed E-state index contributed by atoms with van der Waals surface area (Å²) in [4.78, 5) is 10.8. The molecule has 0 bridgehead atoms. The number of aromatic carboxylic acids is 1. The molecule has 21 heavy (non-hydrogen) atoms. The first-order valence-electron chi connectivity index (χ1n) is 6.48. The van der Waals surface area contributed by atoms with Gasteiger partial charge in [0.25, 0.3) is 0 Å². The number of rotatable bonds is 5. The Bertz CT molecular complexity index is 660. The van der Waals surface area contributed by atoms with E-state index in [0.29, 0.717) is 12.1 Å². The summed E-state index contributed by atoms with van der Waals surface area (Å²) in [6.07, 6.45) is 0. The fourth-order valence-electron chi connectivity index (χ4n) is 2.01. The van der Waals surface area contributed by atoms with Crippen LogP contribution in [-0.2, 0) is 6.54 Å². The Morgan fingerprint density at radius 1 is 1.33 bits per heavy atom. The average Bonchev–Trinajstić information content (AvgIpc) is 2.44. The van der Waals surface area contributed by atoms with E-state index in [-0.39, 0.29) is 11.6 Å². The number of hydrogen-bond acceptors (Lipinski definition) is 2. The highest BCUT2D eigenvalue weighted by Crippen LogP contribution is 2.18. The fraction of sp³-hybridized carbons (Fsp3) is 0.188. The van der Waals surface area contributed by atoms with Crippen LogP contribution >= 0.6 is 15.9 Å². The fourth-order valence-corrected chi connectivity index (χ4v) is 2.42. The van der Waals surface area contributed by atoms with Crippen LogP contribution in [0.4, 0.5) is 4.39 Å². The summed E-state index contributed by atoms with van der Waals surface area (Å²) in [5.74, 6) is -1.97. The van der Waals surface area contributed by atoms with Crippen molar-refractivity contribution >= 4 is 21.9 Å². The minimum absolute atomic E-state index is 0.102. The van der Waals surface area contributed by atoms with Crippen molar-refractivity contribution in [2.24, 2.45) is 0 Å². The molecule has 0 aliphatic carbocycles. The third-order valence-electron chi connectivity index (χ3n) is 3.22. The van der Waals surface area contributed by atoms with Gasteiger partial charge in [0.1, 0.15) is 5.82 Å². The van der Waals surface area contributed by atoms with E-state index in [1.165, 1.54) is 12.1 Å². The molecule has 0 aliphatic heterocycles. The van der Waals surface area contributed by atoms with Crippen LogP contribution in [0.1, 0.15) is 34.5 Å². The van der Waals surface area contributed by atoms with Gasteiger partial charge in [-0.3, -0.25) is 0 Å². The van der Waals surface area contributed by atoms with Gasteiger partial charge < -0.3 is 10.4 Å². The smallest absolute Gasteiger partial charge is 0.338 e. The first-order chi connectivity index (χ1) is 9.97. The molecule has 0 heterocycles. The van der Waals surface area contributed by atoms with Gasteiger partial charge in [-0.2, -0.15) is 0 Å². The zero-order chi connectivity index (χ0) is 15.4. The SMILES string of the molecule is C[C@H](NCc1ccc(C(=O)O)c(F)c1)c1cccc(Br)c1. The van der Waals surface area contributed by atoms with Gasteiger partial charge in [0.05, 0.1) is 5.56 Å². The van der Waals surface area contributed by atoms with Crippen LogP contribution in [0.5, 0.6) is 0 Å². The van der Waals surface area contributed by atoms with Gasteiger partial charge >= 0.3 is 5.97 Å². The van der Waals surface area contributed by atoms with Gasteiger partial charge in [-0.05, 0) is 42.3 Å². The molecule has 110 valence electrons. The molecule has 0 amide bonds. The molecule has 1 atom stereocenters. The van der Waals surface area contributed by atoms with Crippen molar-refractivity contribution in [2.75, 3.05) is 0 Å². The molecule has 0 saturated heterocycles. The number of carboxylic acid groups (broad SMARTS) is 1. The lowest BCUT2D eigenvalue weighted by molar-refractivity contribution is 0.0692. The standard InChI is InChI=1S/C16H15BrFNO2/c1-10(12-3-2-4-13(17)8-12)19-9-11-5-6-14(16(20)21)15(18)7-11/h2-8,10,19H,9H2,1H3,(H,20,21)/t10-/m0/s1. The Hall–Kier alpha value is -1.72. The molecule has 0 aliphatic rings. The number of nitrogens with one attached hydrogen (secondary N) is 1. The van der Waals surface area contributed by atoms with Crippen molar-refractivity contribution in [3.8, 4) is 0 Å². The van der Waals surface area contributed by atoms with E-state index >= 15 is 0 Å². The number of halogens is 2. The van der Waals surface area contributed by atoms with E-state index in [1.54, 1.807) is 6.07 Å². The average molecular weight is 352 g/mol. The molecule has 5 heteroatoms. The first kappa shape index (κ1) is 15.7. The maximum Gasteiger partial charge on any atom is 0.338 e. The van der Waals surface area contributed by atoms with Gasteiger partial charge in [-0.1, -0.05) is 34.1 Å². The Morgan fingerprint density at radius 2 is 2.10 bits per heavy atom. The molecule has 0 radical (unpaired) electrons. The van der Waals surface area contributed by atoms with Crippen LogP contribution in [0.25, 0.3) is 0 Å². The van der Waals surface area contributed by atoms with Crippen LogP contribution in [0.15, 0.2) is 46.9 Å². The second-order valence-electron chi connectivity index (χ2n) is 4.78. The molecule has 0 fully saturated rings. The quantitative estimate of drug-likeness (QED) is 0.851. The molecule has 0 unspecified atom stereocenters. The normalized spacial score (nSPS) is 12.1. The van der Waals surface area contributed by atoms with Gasteiger partial charge in [-0.15, -0.1) is 0 Å². The summed E-state index contributed by atoms with van der Waals surface area (Å²) in [6.45, 7) is 2.48. The Kier molecular flexibility index (Phi) is 5.09. The summed E-state index contributed by atoms with van der Waals surface area (Å²) >= 11 is 3.42. The van der Waals surface area contributed by atoms with Gasteiger partial charge in [0.15, 0.2) is 0 Å². The van der Waals surface area contributed by atoms with Crippen LogP contribution in [-0.4, -0.2) is 11.1 Å². The molecular weight excluding hydrogens is 337 g/mol. The number of hydrogen-bond donors (Lipinski definition) is 2. The van der Waals surface area contributed by atoms with Crippen molar-refractivity contribution in [1.82, 2.24) is 5.32 Å². The topological polar surface area (TPSA) is 49.3 Å². The minimum Gasteiger partial charge on any atom is -0.478 e. The van der Waals surface area contributed by atoms with E-state index in [2.05, 4.69) is 21.2 Å². The Labute approximate surface area is 130 Å². The number of benzene rings is 2. The van der Waals surface area contributed by atoms with Crippen molar-refractivity contribution < 1.29 is 14.3 Å². The summed E-state index contributed by atoms with van der Waals surface area (Å²) in [6, 6.07) is 12.2. The highest BCUT2D eigenvalue weighted by molar-refractivity contribution is 9.10. The van der Waals surface area contributed by atoms with E-state index in [1.807, 2.05) is 31.2 Å². The maximum absolute atomic E-state index is 13.6. The van der Waals surface area contributed by atoms with E-state index < -0.39 is 11.8 Å². The molecule has 3 nitrogen and oxygen atoms in total. The Balaban J connectivity index is 2.03. The second kappa shape index (κ2) is 6.83. The van der Waals surface area contributed by atoms with Crippen molar-refractivity contribution in [2.45, 2.75) is 19.5 Å². The molecule has 2 rings (SSSR count). The third-order valence-corrected chi connectivity index (χ3v) is 3.72. The van der Waals surface area contributed by atoms with Crippen LogP contribution in [0.2, 0.25) is 0 Å². The number of carbonyl (C=O) groups is 1. The molecule has 0 aromatic heterocycles. The highest BCUT2D eigenvalue weighted by atomic mass is 79.9. The largest absolute Gasteiger partial charge is 0.478 e. The minimum atomic E-state index is -1.26. The summed E-state index contributed by atoms with van der Waals surface area (Å²) in [5, 5.41) is 12.1. The number of carboxylic acids is 1. The zero-order valence-corrected chi connectivity index (χ0v) is 13.0. The van der Waals surface area contributed by atoms with Gasteiger partial charge in [-0.25, -0.2) is 9.18 Å². The molecule has 0 spiro atoms. The maximum atomic E-state index is 13.6. The Morgan fingerprint density at radius 3 is 2.71 bits per heavy atom. The monoisotopic (exact) mass is 351 g/mol. The summed E-state index contributed by atoms with van der Waals surface area (Å²) in [5.41, 5.74) is 1.52. The van der Waals surface area contributed by atoms with E-state index in [0.717, 1.165) is 10.0 Å². The van der Waals surface area contributed by atoms with Crippen LogP contribution in [0.3, 0.4) is 0 Å². The third kappa shape index (κ3) is 4.12. The lowest BCUT2D eigenvalue weighted by Crippen LogP contribution is -2.18. The lowest BCUT2D eigenvalue weighted by Gasteiger charge is -2.15. The second-order valence-corrected chi connectivity index (χ2v) is 5.69. The van der Waals surface area contributed by atoms with Gasteiger partial charge in [0.2, 0.25) is 0 Å². The summed E-state index contributed by atoms with van der Waals surface area (Å²) in [7, 11) is 0. The van der Waals surface area contributed by atoms with Crippen LogP contribution < -0.4 is 5.32 Å². The predicted octanol–water partition coefficient (Wildman–Crippen LogP) is 4.14. The summed E-state index contributed by atoms with van der Waals surface area (Å²) < 4.78 is 14.6. The first-order valence-corrected chi connectivity index (χ1v) is 7.27. The van der Waals surface area contributed by atoms with Crippen molar-refractivity contribution in [3.63, 3.8) is 0 Å². The van der Waals surface area contributed by atoms with Crippen molar-refractivity contribution in [1.29, 1.82) is 0 Å². The van der Waals surface area contributed by atoms with Crippen molar-refractivity contribution in [3.05, 3.63) is 69.4 Å². The highest BCUT2D eigenvalue weighted by Gasteiger charge is 2.11. The molecule has 2 aromatic carbocycles. The van der Waals surface area contributed by atoms with E-state index in [4.69, 9.17) is 5.11 Å². The molecule has 0 saturated carbocycles. The predicted molar refractivity (Wildman–Crippen MR) is 82.8 cm³/mol. The molecule has 2 N–H and O–H groups in total. The van der Waals surface area contributed by atoms with Crippen LogP contribution in [0, 0.1) is 5.82 Å². The zero-order valence-electron chi connectivity index (χ0n) is 11.4.